The third-order valence-corrected chi connectivity index (χ3v) is 3.14. The van der Waals surface area contributed by atoms with E-state index in [0.29, 0.717) is 24.1 Å². The molecule has 0 N–H and O–H groups in total. The lowest BCUT2D eigenvalue weighted by atomic mass is 10.1. The van der Waals surface area contributed by atoms with Gasteiger partial charge in [-0.15, -0.1) is 0 Å². The highest BCUT2D eigenvalue weighted by molar-refractivity contribution is 6.29. The minimum absolute atomic E-state index is 0.0560. The van der Waals surface area contributed by atoms with Crippen molar-refractivity contribution in [1.29, 1.82) is 0 Å². The van der Waals surface area contributed by atoms with E-state index in [0.717, 1.165) is 6.42 Å². The number of pyridine rings is 1. The number of rotatable bonds is 3. The highest BCUT2D eigenvalue weighted by Gasteiger charge is 2.35. The molecule has 1 aromatic heterocycles. The van der Waals surface area contributed by atoms with Gasteiger partial charge in [0.25, 0.3) is 0 Å². The molecule has 1 aromatic rings. The lowest BCUT2D eigenvalue weighted by Crippen LogP contribution is -2.55. The van der Waals surface area contributed by atoms with Crippen molar-refractivity contribution in [1.82, 2.24) is 9.88 Å². The first kappa shape index (κ1) is 14.9. The van der Waals surface area contributed by atoms with Gasteiger partial charge in [0.1, 0.15) is 23.1 Å². The van der Waals surface area contributed by atoms with E-state index >= 15 is 0 Å². The molecule has 1 amide bonds. The molecule has 0 unspecified atom stereocenters. The van der Waals surface area contributed by atoms with Crippen LogP contribution >= 0.6 is 11.6 Å². The van der Waals surface area contributed by atoms with Gasteiger partial charge in [-0.05, 0) is 39.3 Å². The number of aromatic nitrogens is 1. The zero-order valence-corrected chi connectivity index (χ0v) is 12.7. The first-order valence-electron chi connectivity index (χ1n) is 6.59. The van der Waals surface area contributed by atoms with Crippen molar-refractivity contribution in [3.05, 3.63) is 23.5 Å². The molecule has 0 bridgehead atoms. The van der Waals surface area contributed by atoms with Gasteiger partial charge in [0.15, 0.2) is 0 Å². The van der Waals surface area contributed by atoms with Crippen molar-refractivity contribution in [3.8, 4) is 5.75 Å². The second kappa shape index (κ2) is 5.87. The quantitative estimate of drug-likeness (QED) is 0.805. The van der Waals surface area contributed by atoms with Crippen LogP contribution in [0.25, 0.3) is 0 Å². The highest BCUT2D eigenvalue weighted by atomic mass is 35.5. The Balaban J connectivity index is 1.82. The topological polar surface area (TPSA) is 51.7 Å². The van der Waals surface area contributed by atoms with Crippen molar-refractivity contribution in [2.24, 2.45) is 0 Å². The first-order valence-corrected chi connectivity index (χ1v) is 6.97. The Labute approximate surface area is 123 Å². The Bertz CT molecular complexity index is 470. The Morgan fingerprint density at radius 2 is 2.25 bits per heavy atom. The summed E-state index contributed by atoms with van der Waals surface area (Å²) in [5, 5.41) is 0.427. The number of nitrogens with zero attached hydrogens (tertiary/aromatic N) is 2. The average Bonchev–Trinajstić information content (AvgIpc) is 2.27. The number of halogens is 1. The van der Waals surface area contributed by atoms with Gasteiger partial charge in [0.05, 0.1) is 12.2 Å². The normalized spacial score (nSPS) is 18.4. The maximum Gasteiger partial charge on any atom is 0.410 e. The van der Waals surface area contributed by atoms with Crippen LogP contribution in [0.15, 0.2) is 18.3 Å². The van der Waals surface area contributed by atoms with Gasteiger partial charge < -0.3 is 14.4 Å². The molecular weight excluding hydrogens is 280 g/mol. The van der Waals surface area contributed by atoms with Gasteiger partial charge in [0.2, 0.25) is 0 Å². The first-order chi connectivity index (χ1) is 9.35. The number of carbonyl (C=O) groups is 1. The van der Waals surface area contributed by atoms with Gasteiger partial charge in [-0.3, -0.25) is 0 Å². The van der Waals surface area contributed by atoms with E-state index in [-0.39, 0.29) is 12.1 Å². The van der Waals surface area contributed by atoms with E-state index < -0.39 is 5.60 Å². The van der Waals surface area contributed by atoms with Crippen LogP contribution in [0, 0.1) is 0 Å². The van der Waals surface area contributed by atoms with Gasteiger partial charge in [-0.25, -0.2) is 9.78 Å². The predicted octanol–water partition coefficient (Wildman–Crippen LogP) is 3.12. The minimum atomic E-state index is -0.474. The van der Waals surface area contributed by atoms with E-state index in [1.165, 1.54) is 0 Å². The second-order valence-corrected chi connectivity index (χ2v) is 6.13. The number of hydrogen-bond donors (Lipinski definition) is 0. The molecule has 0 aromatic carbocycles. The summed E-state index contributed by atoms with van der Waals surface area (Å²) in [6, 6.07) is 3.48. The summed E-state index contributed by atoms with van der Waals surface area (Å²) in [5.41, 5.74) is -0.474. The fourth-order valence-electron chi connectivity index (χ4n) is 1.82. The molecule has 6 heteroatoms. The molecular formula is C14H19ClN2O3. The van der Waals surface area contributed by atoms with Gasteiger partial charge >= 0.3 is 6.09 Å². The van der Waals surface area contributed by atoms with E-state index in [2.05, 4.69) is 4.98 Å². The summed E-state index contributed by atoms with van der Waals surface area (Å²) in [6.07, 6.45) is 2.20. The van der Waals surface area contributed by atoms with Crippen molar-refractivity contribution in [2.75, 3.05) is 13.2 Å². The van der Waals surface area contributed by atoms with Crippen LogP contribution in [-0.4, -0.2) is 40.8 Å². The summed E-state index contributed by atoms with van der Waals surface area (Å²) < 4.78 is 10.9. The molecule has 1 aliphatic heterocycles. The number of likely N-dealkylation sites (tertiary alicyclic amines) is 1. The molecule has 1 saturated heterocycles. The number of carbonyl (C=O) groups excluding carboxylic acids is 1. The molecule has 2 rings (SSSR count). The Morgan fingerprint density at radius 1 is 1.50 bits per heavy atom. The zero-order chi connectivity index (χ0) is 14.8. The van der Waals surface area contributed by atoms with Crippen molar-refractivity contribution >= 4 is 17.7 Å². The van der Waals surface area contributed by atoms with Gasteiger partial charge in [-0.2, -0.15) is 0 Å². The van der Waals surface area contributed by atoms with Gasteiger partial charge in [-0.1, -0.05) is 11.6 Å². The van der Waals surface area contributed by atoms with Crippen molar-refractivity contribution < 1.29 is 14.3 Å². The Morgan fingerprint density at radius 3 is 2.75 bits per heavy atom. The molecule has 5 nitrogen and oxygen atoms in total. The third-order valence-electron chi connectivity index (χ3n) is 2.91. The summed E-state index contributed by atoms with van der Waals surface area (Å²) >= 11 is 5.70. The molecule has 1 atom stereocenters. The van der Waals surface area contributed by atoms with Crippen LogP contribution in [0.2, 0.25) is 5.15 Å². The predicted molar refractivity (Wildman–Crippen MR) is 76.1 cm³/mol. The van der Waals surface area contributed by atoms with Crippen molar-refractivity contribution in [3.63, 3.8) is 0 Å². The standard InChI is InChI=1S/C14H19ClN2O3/c1-14(2,3)20-13(18)17-7-6-10(17)9-19-11-4-5-12(15)16-8-11/h4-5,8,10H,6-7,9H2,1-3H3/t10-/m0/s1. The molecule has 0 spiro atoms. The lowest BCUT2D eigenvalue weighted by molar-refractivity contribution is -0.0141. The second-order valence-electron chi connectivity index (χ2n) is 5.74. The van der Waals surface area contributed by atoms with Crippen LogP contribution in [-0.2, 0) is 4.74 Å². The highest BCUT2D eigenvalue weighted by Crippen LogP contribution is 2.22. The smallest absolute Gasteiger partial charge is 0.410 e. The molecule has 1 aliphatic rings. The maximum absolute atomic E-state index is 11.9. The monoisotopic (exact) mass is 298 g/mol. The van der Waals surface area contributed by atoms with Gasteiger partial charge in [0, 0.05) is 6.54 Å². The molecule has 0 saturated carbocycles. The lowest BCUT2D eigenvalue weighted by Gasteiger charge is -2.40. The number of ether oxygens (including phenoxy) is 2. The van der Waals surface area contributed by atoms with Crippen molar-refractivity contribution in [2.45, 2.75) is 38.8 Å². The van der Waals surface area contributed by atoms with Crippen LogP contribution < -0.4 is 4.74 Å². The maximum atomic E-state index is 11.9. The average molecular weight is 299 g/mol. The molecule has 110 valence electrons. The summed E-state index contributed by atoms with van der Waals surface area (Å²) in [4.78, 5) is 17.6. The van der Waals surface area contributed by atoms with Crippen LogP contribution in [0.1, 0.15) is 27.2 Å². The van der Waals surface area contributed by atoms with E-state index in [1.807, 2.05) is 20.8 Å². The molecule has 1 fully saturated rings. The SMILES string of the molecule is CC(C)(C)OC(=O)N1CC[C@H]1COc1ccc(Cl)nc1. The van der Waals surface area contributed by atoms with E-state index in [1.54, 1.807) is 23.2 Å². The molecule has 0 aliphatic carbocycles. The minimum Gasteiger partial charge on any atom is -0.490 e. The Kier molecular flexibility index (Phi) is 4.38. The number of hydrogen-bond acceptors (Lipinski definition) is 4. The number of amides is 1. The molecule has 20 heavy (non-hydrogen) atoms. The largest absolute Gasteiger partial charge is 0.490 e. The fraction of sp³-hybridized carbons (Fsp3) is 0.571. The Hall–Kier alpha value is -1.49. The van der Waals surface area contributed by atoms with E-state index in [9.17, 15) is 4.79 Å². The van der Waals surface area contributed by atoms with Crippen LogP contribution in [0.5, 0.6) is 5.75 Å². The summed E-state index contributed by atoms with van der Waals surface area (Å²) in [6.45, 7) is 6.71. The fourth-order valence-corrected chi connectivity index (χ4v) is 1.93. The summed E-state index contributed by atoms with van der Waals surface area (Å²) in [5.74, 6) is 0.644. The van der Waals surface area contributed by atoms with E-state index in [4.69, 9.17) is 21.1 Å². The van der Waals surface area contributed by atoms with Crippen LogP contribution in [0.4, 0.5) is 4.79 Å². The molecule has 2 heterocycles. The molecule has 0 radical (unpaired) electrons. The third kappa shape index (κ3) is 4.00. The van der Waals surface area contributed by atoms with Crippen LogP contribution in [0.3, 0.4) is 0 Å². The zero-order valence-electron chi connectivity index (χ0n) is 11.9. The summed E-state index contributed by atoms with van der Waals surface area (Å²) in [7, 11) is 0.